The number of alkyl halides is 2. The molecule has 0 saturated carbocycles. The summed E-state index contributed by atoms with van der Waals surface area (Å²) in [5.41, 5.74) is 2.91. The van der Waals surface area contributed by atoms with Crippen LogP contribution in [0.15, 0.2) is 23.3 Å². The lowest BCUT2D eigenvalue weighted by molar-refractivity contribution is 0.716. The molecule has 0 fully saturated rings. The van der Waals surface area contributed by atoms with E-state index >= 15 is 0 Å². The lowest BCUT2D eigenvalue weighted by Crippen LogP contribution is -2.05. The monoisotopic (exact) mass is 278 g/mol. The number of halogens is 2. The molecule has 1 aliphatic rings. The number of hydrogen-bond donors (Lipinski definition) is 0. The number of allylic oxidation sites excluding steroid dienone is 4. The van der Waals surface area contributed by atoms with E-state index in [9.17, 15) is 0 Å². The summed E-state index contributed by atoms with van der Waals surface area (Å²) in [6.07, 6.45) is 5.83. The highest BCUT2D eigenvalue weighted by molar-refractivity contribution is 9.09. The summed E-state index contributed by atoms with van der Waals surface area (Å²) in [5.74, 6) is 0.701. The SMILES string of the molecule is CC1=CC(CBr)=CC(CBr)C1. The molecule has 62 valence electrons. The third-order valence-corrected chi connectivity index (χ3v) is 3.30. The number of rotatable bonds is 2. The Balaban J connectivity index is 2.69. The predicted molar refractivity (Wildman–Crippen MR) is 57.5 cm³/mol. The molecule has 1 rings (SSSR count). The largest absolute Gasteiger partial charge is 0.0922 e. The first kappa shape index (κ1) is 9.53. The molecule has 0 aromatic rings. The van der Waals surface area contributed by atoms with Crippen LogP contribution in [0.1, 0.15) is 13.3 Å². The van der Waals surface area contributed by atoms with Crippen molar-refractivity contribution in [3.8, 4) is 0 Å². The Hall–Kier alpha value is 0.440. The molecule has 1 atom stereocenters. The fraction of sp³-hybridized carbons (Fsp3) is 0.556. The molecule has 0 saturated heterocycles. The van der Waals surface area contributed by atoms with Crippen LogP contribution in [-0.2, 0) is 0 Å². The molecule has 0 aromatic carbocycles. The normalized spacial score (nSPS) is 24.5. The molecule has 0 heterocycles. The molecule has 0 aromatic heterocycles. The van der Waals surface area contributed by atoms with Gasteiger partial charge in [0.1, 0.15) is 0 Å². The molecule has 0 N–H and O–H groups in total. The van der Waals surface area contributed by atoms with Gasteiger partial charge in [-0.25, -0.2) is 0 Å². The Bertz CT molecular complexity index is 192. The van der Waals surface area contributed by atoms with Gasteiger partial charge in [-0.05, 0) is 24.8 Å². The Morgan fingerprint density at radius 1 is 1.55 bits per heavy atom. The molecule has 2 heteroatoms. The lowest BCUT2D eigenvalue weighted by atomic mass is 9.93. The van der Waals surface area contributed by atoms with Gasteiger partial charge in [-0.3, -0.25) is 0 Å². The predicted octanol–water partition coefficient (Wildman–Crippen LogP) is 3.67. The Morgan fingerprint density at radius 3 is 2.82 bits per heavy atom. The average Bonchev–Trinajstić information content (AvgIpc) is 2.03. The van der Waals surface area contributed by atoms with E-state index in [1.807, 2.05) is 0 Å². The van der Waals surface area contributed by atoms with Crippen LogP contribution in [0.3, 0.4) is 0 Å². The summed E-state index contributed by atoms with van der Waals surface area (Å²) in [5, 5.41) is 2.06. The zero-order valence-electron chi connectivity index (χ0n) is 6.61. The minimum Gasteiger partial charge on any atom is -0.0922 e. The Morgan fingerprint density at radius 2 is 2.27 bits per heavy atom. The van der Waals surface area contributed by atoms with E-state index < -0.39 is 0 Å². The van der Waals surface area contributed by atoms with Gasteiger partial charge in [0.2, 0.25) is 0 Å². The highest BCUT2D eigenvalue weighted by atomic mass is 79.9. The molecule has 0 spiro atoms. The van der Waals surface area contributed by atoms with Gasteiger partial charge in [-0.2, -0.15) is 0 Å². The zero-order valence-corrected chi connectivity index (χ0v) is 9.78. The minimum absolute atomic E-state index is 0.701. The quantitative estimate of drug-likeness (QED) is 0.677. The van der Waals surface area contributed by atoms with Crippen LogP contribution >= 0.6 is 31.9 Å². The molecular formula is C9H12Br2. The highest BCUT2D eigenvalue weighted by Gasteiger charge is 2.10. The van der Waals surface area contributed by atoms with E-state index in [4.69, 9.17) is 0 Å². The highest BCUT2D eigenvalue weighted by Crippen LogP contribution is 2.24. The van der Waals surface area contributed by atoms with E-state index in [2.05, 4.69) is 50.9 Å². The second-order valence-corrected chi connectivity index (χ2v) is 4.19. The second-order valence-electron chi connectivity index (χ2n) is 2.98. The summed E-state index contributed by atoms with van der Waals surface area (Å²) in [7, 11) is 0. The minimum atomic E-state index is 0.701. The molecule has 1 unspecified atom stereocenters. The Labute approximate surface area is 85.0 Å². The van der Waals surface area contributed by atoms with Crippen molar-refractivity contribution in [2.75, 3.05) is 10.7 Å². The summed E-state index contributed by atoms with van der Waals surface area (Å²) in [6.45, 7) is 2.20. The van der Waals surface area contributed by atoms with Crippen molar-refractivity contribution in [2.24, 2.45) is 5.92 Å². The summed E-state index contributed by atoms with van der Waals surface area (Å²) < 4.78 is 0. The van der Waals surface area contributed by atoms with E-state index in [1.54, 1.807) is 0 Å². The van der Waals surface area contributed by atoms with Crippen LogP contribution in [0.4, 0.5) is 0 Å². The Kier molecular flexibility index (Phi) is 3.86. The van der Waals surface area contributed by atoms with E-state index in [1.165, 1.54) is 17.6 Å². The van der Waals surface area contributed by atoms with E-state index in [0.29, 0.717) is 5.92 Å². The first-order valence-corrected chi connectivity index (χ1v) is 6.00. The molecule has 0 bridgehead atoms. The van der Waals surface area contributed by atoms with Gasteiger partial charge in [0.05, 0.1) is 0 Å². The molecule has 11 heavy (non-hydrogen) atoms. The van der Waals surface area contributed by atoms with Crippen molar-refractivity contribution in [1.29, 1.82) is 0 Å². The molecular weight excluding hydrogens is 268 g/mol. The maximum absolute atomic E-state index is 3.51. The zero-order chi connectivity index (χ0) is 8.27. The molecule has 1 aliphatic carbocycles. The van der Waals surface area contributed by atoms with E-state index in [-0.39, 0.29) is 0 Å². The first-order chi connectivity index (χ1) is 5.26. The van der Waals surface area contributed by atoms with Gasteiger partial charge in [-0.15, -0.1) is 0 Å². The van der Waals surface area contributed by atoms with Crippen LogP contribution in [0, 0.1) is 5.92 Å². The van der Waals surface area contributed by atoms with Crippen molar-refractivity contribution in [2.45, 2.75) is 13.3 Å². The van der Waals surface area contributed by atoms with E-state index in [0.717, 1.165) is 10.7 Å². The molecule has 0 radical (unpaired) electrons. The second kappa shape index (κ2) is 4.46. The van der Waals surface area contributed by atoms with Gasteiger partial charge < -0.3 is 0 Å². The van der Waals surface area contributed by atoms with Gasteiger partial charge >= 0.3 is 0 Å². The molecule has 0 aliphatic heterocycles. The first-order valence-electron chi connectivity index (χ1n) is 3.76. The average molecular weight is 280 g/mol. The summed E-state index contributed by atoms with van der Waals surface area (Å²) in [6, 6.07) is 0. The summed E-state index contributed by atoms with van der Waals surface area (Å²) >= 11 is 6.97. The molecule has 0 nitrogen and oxygen atoms in total. The van der Waals surface area contributed by atoms with Crippen LogP contribution in [0.2, 0.25) is 0 Å². The van der Waals surface area contributed by atoms with Gasteiger partial charge in [0, 0.05) is 10.7 Å². The summed E-state index contributed by atoms with van der Waals surface area (Å²) in [4.78, 5) is 0. The van der Waals surface area contributed by atoms with Crippen molar-refractivity contribution < 1.29 is 0 Å². The lowest BCUT2D eigenvalue weighted by Gasteiger charge is -2.16. The van der Waals surface area contributed by atoms with Crippen LogP contribution < -0.4 is 0 Å². The number of hydrogen-bond acceptors (Lipinski definition) is 0. The smallest absolute Gasteiger partial charge is 0.0279 e. The van der Waals surface area contributed by atoms with Crippen molar-refractivity contribution >= 4 is 31.9 Å². The maximum Gasteiger partial charge on any atom is 0.0279 e. The third-order valence-electron chi connectivity index (χ3n) is 1.82. The van der Waals surface area contributed by atoms with Crippen molar-refractivity contribution in [3.63, 3.8) is 0 Å². The van der Waals surface area contributed by atoms with Gasteiger partial charge in [0.25, 0.3) is 0 Å². The van der Waals surface area contributed by atoms with Gasteiger partial charge in [0.15, 0.2) is 0 Å². The van der Waals surface area contributed by atoms with Crippen LogP contribution in [0.5, 0.6) is 0 Å². The fourth-order valence-corrected chi connectivity index (χ4v) is 2.15. The molecule has 0 amide bonds. The van der Waals surface area contributed by atoms with Crippen LogP contribution in [-0.4, -0.2) is 10.7 Å². The topological polar surface area (TPSA) is 0 Å². The standard InChI is InChI=1S/C9H12Br2/c1-7-2-8(5-10)4-9(3-7)6-11/h2,4,9H,3,5-6H2,1H3. The van der Waals surface area contributed by atoms with Crippen molar-refractivity contribution in [1.82, 2.24) is 0 Å². The third kappa shape index (κ3) is 2.75. The fourth-order valence-electron chi connectivity index (χ4n) is 1.38. The maximum atomic E-state index is 3.51. The van der Waals surface area contributed by atoms with Gasteiger partial charge in [-0.1, -0.05) is 49.6 Å². The van der Waals surface area contributed by atoms with Crippen LogP contribution in [0.25, 0.3) is 0 Å². The van der Waals surface area contributed by atoms with Crippen molar-refractivity contribution in [3.05, 3.63) is 23.3 Å².